The van der Waals surface area contributed by atoms with Gasteiger partial charge in [0.05, 0.1) is 7.11 Å². The number of methoxy groups -OCH3 is 1. The maximum absolute atomic E-state index is 13.5. The van der Waals surface area contributed by atoms with Crippen molar-refractivity contribution in [3.8, 4) is 0 Å². The van der Waals surface area contributed by atoms with Crippen molar-refractivity contribution in [2.45, 2.75) is 27.2 Å². The summed E-state index contributed by atoms with van der Waals surface area (Å²) in [6, 6.07) is 1.06. The van der Waals surface area contributed by atoms with Crippen molar-refractivity contribution >= 4 is 11.9 Å². The molecule has 0 saturated heterocycles. The summed E-state index contributed by atoms with van der Waals surface area (Å²) in [6.07, 6.45) is 0.639. The lowest BCUT2D eigenvalue weighted by Gasteiger charge is -2.09. The number of carbonyl (C=O) groups is 2. The molecule has 1 rings (SSSR count). The number of ether oxygens (including phenoxy) is 1. The number of nitrogens with one attached hydrogen (secondary N) is 1. The Bertz CT molecular complexity index is 571. The number of carbonyl (C=O) groups excluding carboxylic acids is 2. The highest BCUT2D eigenvalue weighted by atomic mass is 19.2. The number of rotatable bonds is 4. The van der Waals surface area contributed by atoms with E-state index in [9.17, 15) is 22.8 Å². The molecule has 0 bridgehead atoms. The molecule has 1 aromatic carbocycles. The molecule has 1 amide bonds. The highest BCUT2D eigenvalue weighted by Crippen LogP contribution is 2.16. The largest absolute Gasteiger partial charge is 0.466 e. The fraction of sp³-hybridized carbons (Fsp3) is 0.333. The number of benzene rings is 1. The molecule has 7 heteroatoms. The zero-order chi connectivity index (χ0) is 17.3. The van der Waals surface area contributed by atoms with E-state index < -0.39 is 29.3 Å². The second kappa shape index (κ2) is 9.59. The van der Waals surface area contributed by atoms with Gasteiger partial charge in [0.25, 0.3) is 0 Å². The number of amides is 1. The van der Waals surface area contributed by atoms with Crippen LogP contribution in [0, 0.1) is 17.5 Å². The molecule has 0 aliphatic carbocycles. The van der Waals surface area contributed by atoms with Gasteiger partial charge >= 0.3 is 5.97 Å². The molecule has 22 heavy (non-hydrogen) atoms. The minimum Gasteiger partial charge on any atom is -0.466 e. The second-order valence-electron chi connectivity index (χ2n) is 3.91. The van der Waals surface area contributed by atoms with Crippen LogP contribution in [-0.4, -0.2) is 19.0 Å². The lowest BCUT2D eigenvalue weighted by atomic mass is 10.1. The monoisotopic (exact) mass is 317 g/mol. The zero-order valence-electron chi connectivity index (χ0n) is 12.8. The summed E-state index contributed by atoms with van der Waals surface area (Å²) in [5, 5.41) is 2.29. The van der Waals surface area contributed by atoms with Crippen LogP contribution in [0.25, 0.3) is 0 Å². The Kier molecular flexibility index (Phi) is 8.59. The van der Waals surface area contributed by atoms with Crippen LogP contribution in [-0.2, 0) is 20.7 Å². The Balaban J connectivity index is 0.00000211. The highest BCUT2D eigenvalue weighted by molar-refractivity contribution is 5.84. The first-order valence-electron chi connectivity index (χ1n) is 6.53. The van der Waals surface area contributed by atoms with Crippen molar-refractivity contribution in [2.75, 3.05) is 7.11 Å². The van der Waals surface area contributed by atoms with E-state index in [1.807, 2.05) is 13.8 Å². The lowest BCUT2D eigenvalue weighted by Crippen LogP contribution is -2.22. The van der Waals surface area contributed by atoms with Crippen molar-refractivity contribution in [2.24, 2.45) is 0 Å². The third-order valence-electron chi connectivity index (χ3n) is 2.30. The van der Waals surface area contributed by atoms with Gasteiger partial charge in [0.15, 0.2) is 11.6 Å². The van der Waals surface area contributed by atoms with Gasteiger partial charge < -0.3 is 10.1 Å². The number of allylic oxidation sites excluding steroid dienone is 1. The van der Waals surface area contributed by atoms with Gasteiger partial charge in [0, 0.05) is 31.2 Å². The Morgan fingerprint density at radius 1 is 1.14 bits per heavy atom. The van der Waals surface area contributed by atoms with E-state index in [1.54, 1.807) is 0 Å². The Hall–Kier alpha value is -2.31. The molecule has 0 radical (unpaired) electrons. The van der Waals surface area contributed by atoms with E-state index in [0.717, 1.165) is 13.2 Å². The van der Waals surface area contributed by atoms with E-state index in [0.29, 0.717) is 12.1 Å². The Morgan fingerprint density at radius 3 is 2.18 bits per heavy atom. The van der Waals surface area contributed by atoms with Gasteiger partial charge in [-0.25, -0.2) is 18.0 Å². The SMILES string of the molecule is CC.COC(=O)/C=C(/Cc1cc(F)c(F)cc1F)NC(C)=O. The van der Waals surface area contributed by atoms with Crippen molar-refractivity contribution < 1.29 is 27.5 Å². The molecule has 122 valence electrons. The van der Waals surface area contributed by atoms with Crippen molar-refractivity contribution in [1.29, 1.82) is 0 Å². The maximum Gasteiger partial charge on any atom is 0.332 e. The van der Waals surface area contributed by atoms with Gasteiger partial charge in [-0.15, -0.1) is 0 Å². The van der Waals surface area contributed by atoms with Crippen LogP contribution in [0.1, 0.15) is 26.3 Å². The summed E-state index contributed by atoms with van der Waals surface area (Å²) in [5.41, 5.74) is -0.193. The minimum absolute atomic E-state index is 0.00857. The van der Waals surface area contributed by atoms with Crippen molar-refractivity contribution in [3.05, 3.63) is 46.9 Å². The third-order valence-corrected chi connectivity index (χ3v) is 2.30. The Labute approximate surface area is 127 Å². The maximum atomic E-state index is 13.5. The molecule has 0 aliphatic heterocycles. The van der Waals surface area contributed by atoms with Gasteiger partial charge in [-0.3, -0.25) is 4.79 Å². The van der Waals surface area contributed by atoms with Gasteiger partial charge in [-0.05, 0) is 11.6 Å². The average molecular weight is 317 g/mol. The topological polar surface area (TPSA) is 55.4 Å². The number of hydrogen-bond donors (Lipinski definition) is 1. The quantitative estimate of drug-likeness (QED) is 0.528. The molecule has 0 saturated carbocycles. The predicted octanol–water partition coefficient (Wildman–Crippen LogP) is 2.87. The molecule has 1 N–H and O–H groups in total. The van der Waals surface area contributed by atoms with E-state index in [4.69, 9.17) is 0 Å². The summed E-state index contributed by atoms with van der Waals surface area (Å²) in [4.78, 5) is 22.1. The van der Waals surface area contributed by atoms with Crippen LogP contribution in [0.3, 0.4) is 0 Å². The molecular weight excluding hydrogens is 299 g/mol. The summed E-state index contributed by atoms with van der Waals surface area (Å²) in [6.45, 7) is 5.19. The van der Waals surface area contributed by atoms with Gasteiger partial charge in [-0.2, -0.15) is 0 Å². The van der Waals surface area contributed by atoms with Crippen LogP contribution in [0.15, 0.2) is 23.9 Å². The molecule has 0 aliphatic rings. The van der Waals surface area contributed by atoms with E-state index in [2.05, 4.69) is 10.1 Å². The van der Waals surface area contributed by atoms with Crippen LogP contribution >= 0.6 is 0 Å². The minimum atomic E-state index is -1.32. The standard InChI is InChI=1S/C13H12F3NO3.C2H6/c1-7(18)17-9(5-13(19)20-2)3-8-4-11(15)12(16)6-10(8)14;1-2/h4-6H,3H2,1-2H3,(H,17,18);1-2H3/b9-5-;. The van der Waals surface area contributed by atoms with Gasteiger partial charge in [0.1, 0.15) is 5.82 Å². The molecule has 0 unspecified atom stereocenters. The number of halogens is 3. The van der Waals surface area contributed by atoms with Gasteiger partial charge in [0.2, 0.25) is 5.91 Å². The van der Waals surface area contributed by atoms with Crippen LogP contribution in [0.5, 0.6) is 0 Å². The molecule has 0 fully saturated rings. The first-order chi connectivity index (χ1) is 10.3. The van der Waals surface area contributed by atoms with E-state index >= 15 is 0 Å². The van der Waals surface area contributed by atoms with E-state index in [-0.39, 0.29) is 17.7 Å². The number of hydrogen-bond acceptors (Lipinski definition) is 3. The molecular formula is C15H18F3NO3. The smallest absolute Gasteiger partial charge is 0.332 e. The molecule has 0 spiro atoms. The van der Waals surface area contributed by atoms with E-state index in [1.165, 1.54) is 6.92 Å². The summed E-state index contributed by atoms with van der Waals surface area (Å²) in [7, 11) is 1.13. The highest BCUT2D eigenvalue weighted by Gasteiger charge is 2.13. The normalized spacial score (nSPS) is 10.4. The fourth-order valence-electron chi connectivity index (χ4n) is 1.46. The first-order valence-corrected chi connectivity index (χ1v) is 6.53. The zero-order valence-corrected chi connectivity index (χ0v) is 12.8. The first kappa shape index (κ1) is 19.7. The summed E-state index contributed by atoms with van der Waals surface area (Å²) >= 11 is 0. The molecule has 0 heterocycles. The lowest BCUT2D eigenvalue weighted by molar-refractivity contribution is -0.134. The fourth-order valence-corrected chi connectivity index (χ4v) is 1.46. The average Bonchev–Trinajstić information content (AvgIpc) is 2.46. The van der Waals surface area contributed by atoms with Crippen molar-refractivity contribution in [3.63, 3.8) is 0 Å². The molecule has 1 aromatic rings. The van der Waals surface area contributed by atoms with Crippen molar-refractivity contribution in [1.82, 2.24) is 5.32 Å². The van der Waals surface area contributed by atoms with Crippen LogP contribution in [0.4, 0.5) is 13.2 Å². The van der Waals surface area contributed by atoms with Crippen LogP contribution in [0.2, 0.25) is 0 Å². The number of esters is 1. The molecule has 0 aromatic heterocycles. The summed E-state index contributed by atoms with van der Waals surface area (Å²) in [5.74, 6) is -4.78. The third kappa shape index (κ3) is 6.43. The van der Waals surface area contributed by atoms with Crippen LogP contribution < -0.4 is 5.32 Å². The molecule has 0 atom stereocenters. The molecule has 4 nitrogen and oxygen atoms in total. The Morgan fingerprint density at radius 2 is 1.68 bits per heavy atom. The summed E-state index contributed by atoms with van der Waals surface area (Å²) < 4.78 is 43.7. The second-order valence-corrected chi connectivity index (χ2v) is 3.91. The van der Waals surface area contributed by atoms with Gasteiger partial charge in [-0.1, -0.05) is 13.8 Å². The predicted molar refractivity (Wildman–Crippen MR) is 75.3 cm³/mol.